The molecule has 2 aromatic rings. The molecular weight excluding hydrogens is 658 g/mol. The van der Waals surface area contributed by atoms with Gasteiger partial charge in [0.1, 0.15) is 26.5 Å². The van der Waals surface area contributed by atoms with Crippen LogP contribution in [0.1, 0.15) is 18.3 Å². The van der Waals surface area contributed by atoms with E-state index in [2.05, 4.69) is 9.97 Å². The van der Waals surface area contributed by atoms with E-state index in [9.17, 15) is 0 Å². The number of alkyl halides is 6. The first-order chi connectivity index (χ1) is 14.6. The summed E-state index contributed by atoms with van der Waals surface area (Å²) >= 11 is 63.6. The Kier molecular flexibility index (Phi) is 12.3. The van der Waals surface area contributed by atoms with Gasteiger partial charge in [-0.15, -0.1) is 0 Å². The molecule has 0 unspecified atom stereocenters. The predicted octanol–water partition coefficient (Wildman–Crippen LogP) is 9.50. The van der Waals surface area contributed by atoms with Crippen LogP contribution in [0.2, 0.25) is 25.1 Å². The molecule has 2 rings (SSSR count). The number of pyridine rings is 2. The zero-order valence-corrected chi connectivity index (χ0v) is 24.3. The van der Waals surface area contributed by atoms with E-state index in [1.165, 1.54) is 14.2 Å². The summed E-state index contributed by atoms with van der Waals surface area (Å²) in [5.74, 6) is 0.317. The van der Waals surface area contributed by atoms with E-state index < -0.39 is 7.59 Å². The van der Waals surface area contributed by atoms with E-state index >= 15 is 0 Å². The lowest BCUT2D eigenvalue weighted by atomic mass is 10.3. The molecular formula is C16H11Cl11N2O3. The van der Waals surface area contributed by atoms with Crippen LogP contribution in [0.15, 0.2) is 0 Å². The van der Waals surface area contributed by atoms with Crippen molar-refractivity contribution in [3.63, 3.8) is 0 Å². The predicted molar refractivity (Wildman–Crippen MR) is 136 cm³/mol. The number of halogens is 11. The maximum Gasteiger partial charge on any atom is 0.236 e. The van der Waals surface area contributed by atoms with Gasteiger partial charge in [0.15, 0.2) is 5.75 Å². The smallest absolute Gasteiger partial charge is 0.236 e. The van der Waals surface area contributed by atoms with Gasteiger partial charge in [-0.25, -0.2) is 9.97 Å². The van der Waals surface area contributed by atoms with E-state index in [1.54, 1.807) is 6.92 Å². The van der Waals surface area contributed by atoms with E-state index in [4.69, 9.17) is 142 Å². The zero-order chi connectivity index (χ0) is 25.0. The molecule has 2 heterocycles. The second-order valence-corrected chi connectivity index (χ2v) is 11.7. The Hall–Kier alpha value is 0.890. The molecule has 0 radical (unpaired) electrons. The molecule has 32 heavy (non-hydrogen) atoms. The van der Waals surface area contributed by atoms with Crippen LogP contribution in [-0.2, 0) is 7.59 Å². The molecule has 0 aromatic carbocycles. The van der Waals surface area contributed by atoms with E-state index in [0.717, 1.165) is 0 Å². The standard InChI is InChI=1S/C9H8Cl5NO2.C7H3Cl6NO/c1-3-17-6-4(10)7(9(12,13)14)15-8(16-2)5(6)11;1-15-6-4(10)2(8)3(9)5(14-6)7(11,12)13/h3H2,1-2H3;1H3. The maximum atomic E-state index is 6.03. The van der Waals surface area contributed by atoms with E-state index in [0.29, 0.717) is 6.61 Å². The summed E-state index contributed by atoms with van der Waals surface area (Å²) in [4.78, 5) is 7.80. The molecule has 0 bridgehead atoms. The Morgan fingerprint density at radius 1 is 0.625 bits per heavy atom. The largest absolute Gasteiger partial charge is 0.490 e. The minimum absolute atomic E-state index is 0.00821. The molecule has 2 aromatic heterocycles. The molecule has 0 saturated carbocycles. The first-order valence-corrected chi connectivity index (χ1v) is 12.1. The van der Waals surface area contributed by atoms with Crippen molar-refractivity contribution < 1.29 is 14.2 Å². The van der Waals surface area contributed by atoms with Crippen molar-refractivity contribution in [2.24, 2.45) is 0 Å². The first-order valence-electron chi connectivity index (χ1n) is 7.90. The summed E-state index contributed by atoms with van der Waals surface area (Å²) in [7, 11) is 2.75. The summed E-state index contributed by atoms with van der Waals surface area (Å²) in [5.41, 5.74) is -0.0192. The van der Waals surface area contributed by atoms with Crippen LogP contribution in [0.4, 0.5) is 0 Å². The molecule has 180 valence electrons. The first kappa shape index (κ1) is 30.9. The van der Waals surface area contributed by atoms with Crippen LogP contribution in [0.5, 0.6) is 17.5 Å². The highest BCUT2D eigenvalue weighted by molar-refractivity contribution is 6.68. The highest BCUT2D eigenvalue weighted by Gasteiger charge is 2.33. The molecule has 0 spiro atoms. The molecule has 0 amide bonds. The van der Waals surface area contributed by atoms with Crippen LogP contribution in [0.25, 0.3) is 0 Å². The van der Waals surface area contributed by atoms with Crippen LogP contribution in [-0.4, -0.2) is 30.8 Å². The molecule has 0 aliphatic rings. The van der Waals surface area contributed by atoms with Crippen LogP contribution < -0.4 is 14.2 Å². The van der Waals surface area contributed by atoms with Gasteiger partial charge in [0.2, 0.25) is 19.3 Å². The highest BCUT2D eigenvalue weighted by atomic mass is 35.6. The van der Waals surface area contributed by atoms with Gasteiger partial charge in [0, 0.05) is 0 Å². The third-order valence-corrected chi connectivity index (χ3v) is 6.26. The number of methoxy groups -OCH3 is 2. The van der Waals surface area contributed by atoms with Crippen molar-refractivity contribution in [1.29, 1.82) is 0 Å². The van der Waals surface area contributed by atoms with Gasteiger partial charge >= 0.3 is 0 Å². The molecule has 0 atom stereocenters. The lowest BCUT2D eigenvalue weighted by Crippen LogP contribution is -2.08. The van der Waals surface area contributed by atoms with Crippen LogP contribution in [0.3, 0.4) is 0 Å². The lowest BCUT2D eigenvalue weighted by Gasteiger charge is -2.17. The topological polar surface area (TPSA) is 53.5 Å². The molecule has 5 nitrogen and oxygen atoms in total. The van der Waals surface area contributed by atoms with Gasteiger partial charge in [-0.2, -0.15) is 0 Å². The Balaban J connectivity index is 0.000000323. The fourth-order valence-corrected chi connectivity index (χ4v) is 4.38. The second-order valence-electron chi connectivity index (χ2n) is 5.27. The van der Waals surface area contributed by atoms with Crippen molar-refractivity contribution in [1.82, 2.24) is 9.97 Å². The number of ether oxygens (including phenoxy) is 3. The van der Waals surface area contributed by atoms with Gasteiger partial charge in [0.25, 0.3) is 0 Å². The van der Waals surface area contributed by atoms with Gasteiger partial charge < -0.3 is 14.2 Å². The van der Waals surface area contributed by atoms with Crippen molar-refractivity contribution >= 4 is 128 Å². The fourth-order valence-electron chi connectivity index (χ4n) is 1.91. The average Bonchev–Trinajstić information content (AvgIpc) is 2.68. The number of aromatic nitrogens is 2. The van der Waals surface area contributed by atoms with Gasteiger partial charge in [-0.3, -0.25) is 0 Å². The molecule has 0 saturated heterocycles. The van der Waals surface area contributed by atoms with Crippen LogP contribution >= 0.6 is 128 Å². The van der Waals surface area contributed by atoms with E-state index in [-0.39, 0.29) is 54.0 Å². The minimum atomic E-state index is -1.79. The summed E-state index contributed by atoms with van der Waals surface area (Å²) in [6, 6.07) is 0. The molecule has 0 fully saturated rings. The van der Waals surface area contributed by atoms with E-state index in [1.807, 2.05) is 0 Å². The fraction of sp³-hybridized carbons (Fsp3) is 0.375. The Morgan fingerprint density at radius 2 is 1.03 bits per heavy atom. The quantitative estimate of drug-likeness (QED) is 0.304. The number of hydrogen-bond acceptors (Lipinski definition) is 5. The molecule has 0 aliphatic carbocycles. The normalized spacial score (nSPS) is 11.6. The summed E-state index contributed by atoms with van der Waals surface area (Å²) in [6.07, 6.45) is 0. The Bertz CT molecular complexity index is 962. The van der Waals surface area contributed by atoms with Crippen molar-refractivity contribution in [3.8, 4) is 17.5 Å². The SMILES string of the molecule is CCOc1c(Cl)c(OC)nc(C(Cl)(Cl)Cl)c1Cl.COc1nc(C(Cl)(Cl)Cl)c(Cl)c(Cl)c1Cl. The third kappa shape index (κ3) is 7.69. The number of hydrogen-bond donors (Lipinski definition) is 0. The molecule has 0 aliphatic heterocycles. The van der Waals surface area contributed by atoms with Crippen molar-refractivity contribution in [2.45, 2.75) is 14.5 Å². The third-order valence-electron chi connectivity index (χ3n) is 3.21. The van der Waals surface area contributed by atoms with Gasteiger partial charge in [-0.1, -0.05) is 128 Å². The molecule has 0 N–H and O–H groups in total. The number of nitrogens with zero attached hydrogens (tertiary/aromatic N) is 2. The summed E-state index contributed by atoms with van der Waals surface area (Å²) in [5, 5.41) is 0.283. The highest BCUT2D eigenvalue weighted by Crippen LogP contribution is 2.49. The molecule has 16 heteroatoms. The zero-order valence-electron chi connectivity index (χ0n) is 16.0. The number of rotatable bonds is 4. The van der Waals surface area contributed by atoms with Gasteiger partial charge in [-0.05, 0) is 6.92 Å². The lowest BCUT2D eigenvalue weighted by molar-refractivity contribution is 0.333. The maximum absolute atomic E-state index is 6.03. The Labute approximate surface area is 239 Å². The van der Waals surface area contributed by atoms with Crippen molar-refractivity contribution in [2.75, 3.05) is 20.8 Å². The second kappa shape index (κ2) is 12.7. The van der Waals surface area contributed by atoms with Crippen LogP contribution in [0, 0.1) is 0 Å². The van der Waals surface area contributed by atoms with Crippen molar-refractivity contribution in [3.05, 3.63) is 36.5 Å². The average molecular weight is 669 g/mol. The Morgan fingerprint density at radius 3 is 1.41 bits per heavy atom. The summed E-state index contributed by atoms with van der Waals surface area (Å²) in [6.45, 7) is 2.13. The van der Waals surface area contributed by atoms with Gasteiger partial charge in [0.05, 0.1) is 30.9 Å². The monoisotopic (exact) mass is 664 g/mol. The minimum Gasteiger partial charge on any atom is -0.490 e. The summed E-state index contributed by atoms with van der Waals surface area (Å²) < 4.78 is 11.5.